The van der Waals surface area contributed by atoms with Crippen LogP contribution in [0.25, 0.3) is 0 Å². The van der Waals surface area contributed by atoms with Gasteiger partial charge in [-0.2, -0.15) is 5.10 Å². The maximum absolute atomic E-state index is 5.48. The molecule has 1 aromatic rings. The summed E-state index contributed by atoms with van der Waals surface area (Å²) in [6.07, 6.45) is 7.34. The van der Waals surface area contributed by atoms with E-state index < -0.39 is 0 Å². The van der Waals surface area contributed by atoms with Crippen molar-refractivity contribution in [1.29, 1.82) is 0 Å². The summed E-state index contributed by atoms with van der Waals surface area (Å²) in [6, 6.07) is 3.96. The zero-order valence-electron chi connectivity index (χ0n) is 14.8. The van der Waals surface area contributed by atoms with Crippen LogP contribution in [0, 0.1) is 6.92 Å². The van der Waals surface area contributed by atoms with Gasteiger partial charge in [0.25, 0.3) is 0 Å². The van der Waals surface area contributed by atoms with Crippen LogP contribution in [0.4, 0.5) is 0 Å². The average molecular weight is 318 g/mol. The molecule has 1 heterocycles. The van der Waals surface area contributed by atoms with E-state index in [9.17, 15) is 0 Å². The van der Waals surface area contributed by atoms with Crippen LogP contribution in [-0.4, -0.2) is 43.0 Å². The Bertz CT molecular complexity index is 500. The molecule has 0 aliphatic heterocycles. The summed E-state index contributed by atoms with van der Waals surface area (Å²) in [6.45, 7) is 11.4. The third kappa shape index (κ3) is 8.47. The first kappa shape index (κ1) is 19.3. The highest BCUT2D eigenvalue weighted by Gasteiger charge is 2.01. The maximum atomic E-state index is 5.48. The van der Waals surface area contributed by atoms with Crippen LogP contribution in [0.15, 0.2) is 35.6 Å². The first-order chi connectivity index (χ1) is 11.1. The Morgan fingerprint density at radius 3 is 2.91 bits per heavy atom. The lowest BCUT2D eigenvalue weighted by Gasteiger charge is -2.10. The third-order valence-electron chi connectivity index (χ3n) is 3.46. The Morgan fingerprint density at radius 2 is 2.17 bits per heavy atom. The largest absolute Gasteiger partial charge is 0.379 e. The summed E-state index contributed by atoms with van der Waals surface area (Å²) >= 11 is 0. The van der Waals surface area contributed by atoms with Gasteiger partial charge in [0, 0.05) is 30.6 Å². The number of rotatable bonds is 11. The van der Waals surface area contributed by atoms with Crippen molar-refractivity contribution < 1.29 is 4.74 Å². The Morgan fingerprint density at radius 1 is 1.39 bits per heavy atom. The molecule has 5 nitrogen and oxygen atoms in total. The minimum atomic E-state index is 0.325. The molecule has 1 rings (SSSR count). The minimum absolute atomic E-state index is 0.325. The van der Waals surface area contributed by atoms with Gasteiger partial charge in [-0.05, 0) is 52.8 Å². The monoisotopic (exact) mass is 318 g/mol. The van der Waals surface area contributed by atoms with Crippen LogP contribution in [0.5, 0.6) is 0 Å². The first-order valence-electron chi connectivity index (χ1n) is 8.31. The highest BCUT2D eigenvalue weighted by atomic mass is 16.5. The number of ether oxygens (including phenoxy) is 1. The standard InChI is InChI=1S/C18H30N4O/c1-5-23-15(2)10-14-19-11-6-7-13-21-22-17(4)18-9-8-12-20-16(18)3/h6-9,12,15,19,21H,5,10-11,13-14H2,1-4H3/b7-6-,22-17+. The summed E-state index contributed by atoms with van der Waals surface area (Å²) in [5.41, 5.74) is 6.09. The van der Waals surface area contributed by atoms with Gasteiger partial charge in [0.05, 0.1) is 18.4 Å². The van der Waals surface area contributed by atoms with Crippen LogP contribution in [-0.2, 0) is 4.74 Å². The van der Waals surface area contributed by atoms with E-state index in [1.807, 2.05) is 32.9 Å². The summed E-state index contributed by atoms with van der Waals surface area (Å²) in [5.74, 6) is 0. The normalized spacial score (nSPS) is 13.5. The number of nitrogens with zero attached hydrogens (tertiary/aromatic N) is 2. The lowest BCUT2D eigenvalue weighted by atomic mass is 10.1. The van der Waals surface area contributed by atoms with Crippen LogP contribution < -0.4 is 10.7 Å². The molecule has 0 aromatic carbocycles. The van der Waals surface area contributed by atoms with E-state index in [0.29, 0.717) is 12.6 Å². The molecule has 0 saturated heterocycles. The van der Waals surface area contributed by atoms with Crippen molar-refractivity contribution in [2.75, 3.05) is 26.2 Å². The topological polar surface area (TPSA) is 58.5 Å². The summed E-state index contributed by atoms with van der Waals surface area (Å²) in [5, 5.41) is 7.74. The molecule has 5 heteroatoms. The van der Waals surface area contributed by atoms with Crippen molar-refractivity contribution in [1.82, 2.24) is 15.7 Å². The van der Waals surface area contributed by atoms with Crippen molar-refractivity contribution in [2.45, 2.75) is 40.2 Å². The van der Waals surface area contributed by atoms with E-state index in [2.05, 4.69) is 39.9 Å². The molecule has 23 heavy (non-hydrogen) atoms. The molecule has 0 spiro atoms. The Balaban J connectivity index is 2.14. The van der Waals surface area contributed by atoms with E-state index in [-0.39, 0.29) is 0 Å². The third-order valence-corrected chi connectivity index (χ3v) is 3.46. The molecule has 0 radical (unpaired) electrons. The number of aromatic nitrogens is 1. The fourth-order valence-corrected chi connectivity index (χ4v) is 2.17. The van der Waals surface area contributed by atoms with Gasteiger partial charge in [-0.15, -0.1) is 0 Å². The van der Waals surface area contributed by atoms with Gasteiger partial charge in [0.1, 0.15) is 0 Å². The molecule has 0 aliphatic carbocycles. The fraction of sp³-hybridized carbons (Fsp3) is 0.556. The Kier molecular flexibility index (Phi) is 9.91. The van der Waals surface area contributed by atoms with Crippen LogP contribution in [0.2, 0.25) is 0 Å². The molecule has 1 aromatic heterocycles. The highest BCUT2D eigenvalue weighted by Crippen LogP contribution is 2.04. The first-order valence-corrected chi connectivity index (χ1v) is 8.31. The van der Waals surface area contributed by atoms with Gasteiger partial charge in [-0.1, -0.05) is 12.2 Å². The predicted molar refractivity (Wildman–Crippen MR) is 96.9 cm³/mol. The quantitative estimate of drug-likeness (QED) is 0.285. The van der Waals surface area contributed by atoms with E-state index in [4.69, 9.17) is 4.74 Å². The molecule has 128 valence electrons. The van der Waals surface area contributed by atoms with E-state index >= 15 is 0 Å². The van der Waals surface area contributed by atoms with Crippen molar-refractivity contribution in [3.8, 4) is 0 Å². The number of nitrogens with one attached hydrogen (secondary N) is 2. The number of aryl methyl sites for hydroxylation is 1. The highest BCUT2D eigenvalue weighted by molar-refractivity contribution is 5.99. The molecule has 0 bridgehead atoms. The van der Waals surface area contributed by atoms with Gasteiger partial charge in [0.2, 0.25) is 0 Å². The fourth-order valence-electron chi connectivity index (χ4n) is 2.17. The summed E-state index contributed by atoms with van der Waals surface area (Å²) in [4.78, 5) is 4.27. The Hall–Kier alpha value is -1.72. The number of hydrazone groups is 1. The van der Waals surface area contributed by atoms with Crippen molar-refractivity contribution >= 4 is 5.71 Å². The van der Waals surface area contributed by atoms with E-state index in [1.54, 1.807) is 6.20 Å². The van der Waals surface area contributed by atoms with Gasteiger partial charge in [-0.25, -0.2) is 0 Å². The zero-order valence-corrected chi connectivity index (χ0v) is 14.8. The van der Waals surface area contributed by atoms with Crippen LogP contribution in [0.3, 0.4) is 0 Å². The molecule has 0 fully saturated rings. The summed E-state index contributed by atoms with van der Waals surface area (Å²) in [7, 11) is 0. The lowest BCUT2D eigenvalue weighted by Crippen LogP contribution is -2.21. The van der Waals surface area contributed by atoms with Crippen molar-refractivity contribution in [3.63, 3.8) is 0 Å². The van der Waals surface area contributed by atoms with Crippen LogP contribution in [0.1, 0.15) is 38.4 Å². The molecule has 2 N–H and O–H groups in total. The average Bonchev–Trinajstić information content (AvgIpc) is 2.53. The van der Waals surface area contributed by atoms with Crippen molar-refractivity contribution in [3.05, 3.63) is 41.7 Å². The second kappa shape index (κ2) is 11.8. The second-order valence-electron chi connectivity index (χ2n) is 5.43. The van der Waals surface area contributed by atoms with E-state index in [0.717, 1.165) is 43.1 Å². The molecule has 1 unspecified atom stereocenters. The minimum Gasteiger partial charge on any atom is -0.379 e. The Labute approximate surface area is 140 Å². The van der Waals surface area contributed by atoms with Gasteiger partial charge in [-0.3, -0.25) is 4.98 Å². The predicted octanol–water partition coefficient (Wildman–Crippen LogP) is 2.66. The smallest absolute Gasteiger partial charge is 0.0662 e. The van der Waals surface area contributed by atoms with E-state index in [1.165, 1.54) is 0 Å². The van der Waals surface area contributed by atoms with Gasteiger partial charge in [0.15, 0.2) is 0 Å². The molecular weight excluding hydrogens is 288 g/mol. The van der Waals surface area contributed by atoms with Gasteiger partial charge < -0.3 is 15.5 Å². The summed E-state index contributed by atoms with van der Waals surface area (Å²) < 4.78 is 5.48. The number of pyridine rings is 1. The second-order valence-corrected chi connectivity index (χ2v) is 5.43. The van der Waals surface area contributed by atoms with Gasteiger partial charge >= 0.3 is 0 Å². The van der Waals surface area contributed by atoms with Crippen LogP contribution >= 0.6 is 0 Å². The SMILES string of the molecule is CCOC(C)CCNC/C=C\CN/N=C(\C)c1cccnc1C. The molecular formula is C18H30N4O. The molecule has 1 atom stereocenters. The lowest BCUT2D eigenvalue weighted by molar-refractivity contribution is 0.0707. The molecule has 0 aliphatic rings. The molecule has 0 saturated carbocycles. The van der Waals surface area contributed by atoms with Crippen molar-refractivity contribution in [2.24, 2.45) is 5.10 Å². The zero-order chi connectivity index (χ0) is 16.9. The number of hydrogen-bond donors (Lipinski definition) is 2. The number of hydrogen-bond acceptors (Lipinski definition) is 5. The maximum Gasteiger partial charge on any atom is 0.0662 e. The molecule has 0 amide bonds.